The quantitative estimate of drug-likeness (QED) is 0.506. The molecule has 0 atom stereocenters. The summed E-state index contributed by atoms with van der Waals surface area (Å²) in [5.41, 5.74) is 2.29. The van der Waals surface area contributed by atoms with Crippen LogP contribution in [0.4, 0.5) is 0 Å². The fraction of sp³-hybridized carbons (Fsp3) is 0.333. The third-order valence-electron chi connectivity index (χ3n) is 1.09. The van der Waals surface area contributed by atoms with Gasteiger partial charge in [0.15, 0.2) is 0 Å². The highest BCUT2D eigenvalue weighted by Crippen LogP contribution is 2.06. The summed E-state index contributed by atoms with van der Waals surface area (Å²) in [6, 6.07) is 2.03. The summed E-state index contributed by atoms with van der Waals surface area (Å²) in [4.78, 5) is 0. The molecule has 0 radical (unpaired) electrons. The summed E-state index contributed by atoms with van der Waals surface area (Å²) in [6.07, 6.45) is 1.89. The van der Waals surface area contributed by atoms with E-state index in [9.17, 15) is 0 Å². The van der Waals surface area contributed by atoms with Crippen molar-refractivity contribution in [3.05, 3.63) is 23.5 Å². The average molecular weight is 130 g/mol. The molecule has 0 aromatic carbocycles. The maximum Gasteiger partial charge on any atom is 0.0320 e. The van der Waals surface area contributed by atoms with E-state index >= 15 is 0 Å². The van der Waals surface area contributed by atoms with E-state index in [2.05, 4.69) is 0 Å². The van der Waals surface area contributed by atoms with E-state index in [1.807, 2.05) is 26.1 Å². The number of aryl methyl sites for hydroxylation is 2. The topological polar surface area (TPSA) is 4.93 Å². The Morgan fingerprint density at radius 3 is 2.25 bits per heavy atom. The summed E-state index contributed by atoms with van der Waals surface area (Å²) >= 11 is 5.65. The molecule has 2 heteroatoms. The number of nitrogens with zero attached hydrogens (tertiary/aromatic N) is 1. The number of hydrogen-bond acceptors (Lipinski definition) is 0. The van der Waals surface area contributed by atoms with Gasteiger partial charge in [-0.1, -0.05) is 0 Å². The van der Waals surface area contributed by atoms with Crippen molar-refractivity contribution in [2.45, 2.75) is 13.8 Å². The molecule has 0 fully saturated rings. The van der Waals surface area contributed by atoms with Crippen molar-refractivity contribution >= 4 is 11.8 Å². The first kappa shape index (κ1) is 5.70. The van der Waals surface area contributed by atoms with Gasteiger partial charge < -0.3 is 0 Å². The Labute approximate surface area is 54.0 Å². The lowest BCUT2D eigenvalue weighted by molar-refractivity contribution is 1.16. The number of hydrogen-bond donors (Lipinski definition) is 0. The zero-order valence-electron chi connectivity index (χ0n) is 4.98. The SMILES string of the molecule is Cc1cc(C)n(Cl)c1. The van der Waals surface area contributed by atoms with Crippen molar-refractivity contribution in [1.29, 1.82) is 0 Å². The molecule has 1 aromatic rings. The molecular weight excluding hydrogens is 122 g/mol. The van der Waals surface area contributed by atoms with Crippen LogP contribution in [0.1, 0.15) is 11.3 Å². The van der Waals surface area contributed by atoms with E-state index in [1.54, 1.807) is 4.09 Å². The van der Waals surface area contributed by atoms with Crippen molar-refractivity contribution in [2.24, 2.45) is 0 Å². The highest BCUT2D eigenvalue weighted by molar-refractivity contribution is 6.15. The molecule has 0 N–H and O–H groups in total. The van der Waals surface area contributed by atoms with Crippen LogP contribution in [0.2, 0.25) is 0 Å². The lowest BCUT2D eigenvalue weighted by atomic mass is 10.4. The zero-order chi connectivity index (χ0) is 6.15. The predicted octanol–water partition coefficient (Wildman–Crippen LogP) is 2.11. The van der Waals surface area contributed by atoms with Crippen molar-refractivity contribution in [2.75, 3.05) is 0 Å². The van der Waals surface area contributed by atoms with Crippen LogP contribution in [0.25, 0.3) is 0 Å². The van der Waals surface area contributed by atoms with Crippen LogP contribution in [0.5, 0.6) is 0 Å². The second-order valence-electron chi connectivity index (χ2n) is 1.97. The van der Waals surface area contributed by atoms with Crippen LogP contribution in [-0.2, 0) is 0 Å². The molecule has 0 bridgehead atoms. The van der Waals surface area contributed by atoms with E-state index in [0.29, 0.717) is 0 Å². The number of rotatable bonds is 0. The van der Waals surface area contributed by atoms with E-state index < -0.39 is 0 Å². The van der Waals surface area contributed by atoms with Gasteiger partial charge in [-0.15, -0.1) is 0 Å². The van der Waals surface area contributed by atoms with E-state index in [1.165, 1.54) is 5.56 Å². The van der Waals surface area contributed by atoms with Crippen LogP contribution in [0, 0.1) is 13.8 Å². The third-order valence-corrected chi connectivity index (χ3v) is 1.45. The molecule has 1 rings (SSSR count). The van der Waals surface area contributed by atoms with E-state index in [0.717, 1.165) is 5.69 Å². The van der Waals surface area contributed by atoms with Gasteiger partial charge in [0.1, 0.15) is 0 Å². The fourth-order valence-electron chi connectivity index (χ4n) is 0.709. The summed E-state index contributed by atoms with van der Waals surface area (Å²) in [5, 5.41) is 0. The van der Waals surface area contributed by atoms with Crippen LogP contribution in [0.3, 0.4) is 0 Å². The molecule has 0 aliphatic rings. The largest absolute Gasteiger partial charge is 0.265 e. The maximum atomic E-state index is 5.65. The first-order valence-electron chi connectivity index (χ1n) is 2.52. The van der Waals surface area contributed by atoms with Crippen molar-refractivity contribution in [3.8, 4) is 0 Å². The standard InChI is InChI=1S/C6H8ClN/c1-5-3-6(2)8(7)4-5/h3-4H,1-2H3. The van der Waals surface area contributed by atoms with Crippen LogP contribution < -0.4 is 0 Å². The normalized spacial score (nSPS) is 9.88. The highest BCUT2D eigenvalue weighted by atomic mass is 35.5. The zero-order valence-corrected chi connectivity index (χ0v) is 5.74. The molecule has 0 spiro atoms. The van der Waals surface area contributed by atoms with E-state index in [4.69, 9.17) is 11.8 Å². The molecule has 1 heterocycles. The van der Waals surface area contributed by atoms with Crippen molar-refractivity contribution in [1.82, 2.24) is 4.09 Å². The lowest BCUT2D eigenvalue weighted by Crippen LogP contribution is -1.75. The Kier molecular flexibility index (Phi) is 1.30. The molecule has 0 saturated heterocycles. The predicted molar refractivity (Wildman–Crippen MR) is 35.2 cm³/mol. The van der Waals surface area contributed by atoms with Gasteiger partial charge in [0, 0.05) is 23.7 Å². The van der Waals surface area contributed by atoms with Gasteiger partial charge in [0.2, 0.25) is 0 Å². The average Bonchev–Trinajstić information content (AvgIpc) is 1.85. The summed E-state index contributed by atoms with van der Waals surface area (Å²) < 4.78 is 1.59. The summed E-state index contributed by atoms with van der Waals surface area (Å²) in [7, 11) is 0. The lowest BCUT2D eigenvalue weighted by Gasteiger charge is -1.85. The first-order valence-corrected chi connectivity index (χ1v) is 2.85. The van der Waals surface area contributed by atoms with Gasteiger partial charge in [-0.2, -0.15) is 0 Å². The van der Waals surface area contributed by atoms with Crippen molar-refractivity contribution in [3.63, 3.8) is 0 Å². The minimum absolute atomic E-state index is 1.09. The second kappa shape index (κ2) is 1.82. The second-order valence-corrected chi connectivity index (χ2v) is 2.33. The monoisotopic (exact) mass is 129 g/mol. The summed E-state index contributed by atoms with van der Waals surface area (Å²) in [6.45, 7) is 3.99. The third kappa shape index (κ3) is 0.869. The van der Waals surface area contributed by atoms with Gasteiger partial charge in [0.25, 0.3) is 0 Å². The Balaban J connectivity index is 3.14. The smallest absolute Gasteiger partial charge is 0.0320 e. The van der Waals surface area contributed by atoms with Gasteiger partial charge in [-0.05, 0) is 25.5 Å². The fourth-order valence-corrected chi connectivity index (χ4v) is 0.912. The highest BCUT2D eigenvalue weighted by Gasteiger charge is 1.91. The molecule has 0 aliphatic heterocycles. The molecule has 0 unspecified atom stereocenters. The molecule has 1 aromatic heterocycles. The molecule has 0 amide bonds. The number of aromatic nitrogens is 1. The molecule has 8 heavy (non-hydrogen) atoms. The Morgan fingerprint density at radius 2 is 2.12 bits per heavy atom. The Morgan fingerprint density at radius 1 is 1.50 bits per heavy atom. The molecule has 44 valence electrons. The van der Waals surface area contributed by atoms with Gasteiger partial charge in [-0.3, -0.25) is 4.09 Å². The summed E-state index contributed by atoms with van der Waals surface area (Å²) in [5.74, 6) is 0. The molecule has 1 nitrogen and oxygen atoms in total. The van der Waals surface area contributed by atoms with Crippen LogP contribution in [0.15, 0.2) is 12.3 Å². The Bertz CT molecular complexity index is 171. The van der Waals surface area contributed by atoms with Crippen molar-refractivity contribution < 1.29 is 0 Å². The minimum atomic E-state index is 1.09. The van der Waals surface area contributed by atoms with Crippen LogP contribution in [-0.4, -0.2) is 4.09 Å². The number of halogens is 1. The van der Waals surface area contributed by atoms with Gasteiger partial charge >= 0.3 is 0 Å². The van der Waals surface area contributed by atoms with E-state index in [-0.39, 0.29) is 0 Å². The molecular formula is C6H8ClN. The molecule has 0 aliphatic carbocycles. The van der Waals surface area contributed by atoms with Gasteiger partial charge in [-0.25, -0.2) is 0 Å². The first-order chi connectivity index (χ1) is 3.70. The van der Waals surface area contributed by atoms with Crippen LogP contribution >= 0.6 is 11.8 Å². The minimum Gasteiger partial charge on any atom is -0.265 e. The van der Waals surface area contributed by atoms with Gasteiger partial charge in [0.05, 0.1) is 0 Å². The molecule has 0 saturated carbocycles. The Hall–Kier alpha value is -0.430. The maximum absolute atomic E-state index is 5.65.